The molecule has 0 bridgehead atoms. The van der Waals surface area contributed by atoms with Gasteiger partial charge in [-0.15, -0.1) is 0 Å². The van der Waals surface area contributed by atoms with Crippen LogP contribution in [0.2, 0.25) is 0 Å². The highest BCUT2D eigenvalue weighted by Crippen LogP contribution is 2.02. The monoisotopic (exact) mass is 210 g/mol. The molecule has 0 aliphatic heterocycles. The van der Waals surface area contributed by atoms with E-state index in [4.69, 9.17) is 10.8 Å². The van der Waals surface area contributed by atoms with E-state index in [1.165, 1.54) is 0 Å². The molecule has 4 N–H and O–H groups in total. The normalized spacial score (nSPS) is 15.3. The van der Waals surface area contributed by atoms with Gasteiger partial charge in [0.25, 0.3) is 6.43 Å². The van der Waals surface area contributed by atoms with E-state index in [0.29, 0.717) is 13.0 Å². The smallest absolute Gasteiger partial charge is 0.265 e. The fraction of sp³-hybridized carbons (Fsp3) is 0.875. The minimum absolute atomic E-state index is 0.315. The second-order valence-electron chi connectivity index (χ2n) is 3.13. The molecule has 0 aliphatic rings. The lowest BCUT2D eigenvalue weighted by Crippen LogP contribution is -2.38. The number of nitrogens with two attached hydrogens (primary N) is 1. The van der Waals surface area contributed by atoms with Crippen LogP contribution in [0.1, 0.15) is 13.3 Å². The highest BCUT2D eigenvalue weighted by Gasteiger charge is 2.19. The lowest BCUT2D eigenvalue weighted by molar-refractivity contribution is -0.125. The lowest BCUT2D eigenvalue weighted by Gasteiger charge is -2.13. The maximum Gasteiger partial charge on any atom is 0.265 e. The van der Waals surface area contributed by atoms with Gasteiger partial charge < -0.3 is 16.2 Å². The Morgan fingerprint density at radius 3 is 2.57 bits per heavy atom. The van der Waals surface area contributed by atoms with Crippen molar-refractivity contribution in [2.24, 2.45) is 11.7 Å². The Morgan fingerprint density at radius 2 is 2.14 bits per heavy atom. The number of aliphatic hydroxyl groups is 1. The zero-order chi connectivity index (χ0) is 11.1. The largest absolute Gasteiger partial charge is 0.385 e. The van der Waals surface area contributed by atoms with Gasteiger partial charge in [0.1, 0.15) is 6.10 Å². The Kier molecular flexibility index (Phi) is 6.31. The van der Waals surface area contributed by atoms with Crippen molar-refractivity contribution in [1.29, 1.82) is 0 Å². The fourth-order valence-corrected chi connectivity index (χ4v) is 0.850. The van der Waals surface area contributed by atoms with Crippen molar-refractivity contribution in [3.8, 4) is 0 Å². The quantitative estimate of drug-likeness (QED) is 0.564. The van der Waals surface area contributed by atoms with Crippen LogP contribution in [0.3, 0.4) is 0 Å². The van der Waals surface area contributed by atoms with E-state index in [9.17, 15) is 13.6 Å². The van der Waals surface area contributed by atoms with E-state index in [1.54, 1.807) is 6.92 Å². The summed E-state index contributed by atoms with van der Waals surface area (Å²) in [5.41, 5.74) is 5.22. The van der Waals surface area contributed by atoms with Crippen LogP contribution in [0.4, 0.5) is 8.78 Å². The molecule has 0 aromatic heterocycles. The molecule has 0 saturated heterocycles. The summed E-state index contributed by atoms with van der Waals surface area (Å²) in [6.45, 7) is 1.59. The van der Waals surface area contributed by atoms with Gasteiger partial charge in [-0.3, -0.25) is 4.79 Å². The first-order valence-electron chi connectivity index (χ1n) is 4.43. The first kappa shape index (κ1) is 13.2. The first-order chi connectivity index (χ1) is 6.49. The summed E-state index contributed by atoms with van der Waals surface area (Å²) in [5, 5.41) is 10.9. The minimum atomic E-state index is -2.83. The molecule has 0 aromatic carbocycles. The molecule has 84 valence electrons. The minimum Gasteiger partial charge on any atom is -0.385 e. The summed E-state index contributed by atoms with van der Waals surface area (Å²) in [6.07, 6.45) is -4.14. The van der Waals surface area contributed by atoms with Crippen LogP contribution in [0.5, 0.6) is 0 Å². The van der Waals surface area contributed by atoms with Gasteiger partial charge in [0.2, 0.25) is 5.91 Å². The van der Waals surface area contributed by atoms with Crippen molar-refractivity contribution in [2.75, 3.05) is 13.1 Å². The number of hydrogen-bond donors (Lipinski definition) is 3. The number of aliphatic hydroxyl groups excluding tert-OH is 1. The second-order valence-corrected chi connectivity index (χ2v) is 3.13. The van der Waals surface area contributed by atoms with Gasteiger partial charge in [0, 0.05) is 12.5 Å². The summed E-state index contributed by atoms with van der Waals surface area (Å²) in [7, 11) is 0. The van der Waals surface area contributed by atoms with Gasteiger partial charge in [-0.2, -0.15) is 0 Å². The molecule has 1 amide bonds. The van der Waals surface area contributed by atoms with E-state index >= 15 is 0 Å². The van der Waals surface area contributed by atoms with E-state index in [1.807, 2.05) is 0 Å². The average molecular weight is 210 g/mol. The first-order valence-corrected chi connectivity index (χ1v) is 4.43. The van der Waals surface area contributed by atoms with E-state index in [0.717, 1.165) is 0 Å². The standard InChI is InChI=1S/C8H16F2N2O2/c1-5(2-3-11)8(14)12-4-6(13)7(9)10/h5-7,13H,2-4,11H2,1H3,(H,12,14). The molecule has 0 fully saturated rings. The zero-order valence-electron chi connectivity index (χ0n) is 8.04. The molecule has 0 radical (unpaired) electrons. The van der Waals surface area contributed by atoms with Gasteiger partial charge in [-0.05, 0) is 13.0 Å². The second kappa shape index (κ2) is 6.67. The van der Waals surface area contributed by atoms with Crippen molar-refractivity contribution in [2.45, 2.75) is 25.9 Å². The molecule has 0 saturated carbocycles. The molecule has 4 nitrogen and oxygen atoms in total. The number of alkyl halides is 2. The van der Waals surface area contributed by atoms with Crippen molar-refractivity contribution in [3.63, 3.8) is 0 Å². The molecule has 2 unspecified atom stereocenters. The molecule has 0 aromatic rings. The number of carbonyl (C=O) groups is 1. The fourth-order valence-electron chi connectivity index (χ4n) is 0.850. The molecule has 0 aliphatic carbocycles. The van der Waals surface area contributed by atoms with E-state index in [2.05, 4.69) is 5.32 Å². The zero-order valence-corrected chi connectivity index (χ0v) is 8.04. The highest BCUT2D eigenvalue weighted by atomic mass is 19.3. The van der Waals surface area contributed by atoms with Crippen molar-refractivity contribution < 1.29 is 18.7 Å². The van der Waals surface area contributed by atoms with Crippen LogP contribution in [0.15, 0.2) is 0 Å². The highest BCUT2D eigenvalue weighted by molar-refractivity contribution is 5.78. The molecule has 0 heterocycles. The SMILES string of the molecule is CC(CCN)C(=O)NCC(O)C(F)F. The van der Waals surface area contributed by atoms with E-state index in [-0.39, 0.29) is 11.8 Å². The Morgan fingerprint density at radius 1 is 1.57 bits per heavy atom. The van der Waals surface area contributed by atoms with Gasteiger partial charge in [-0.25, -0.2) is 8.78 Å². The van der Waals surface area contributed by atoms with Crippen molar-refractivity contribution >= 4 is 5.91 Å². The van der Waals surface area contributed by atoms with E-state index < -0.39 is 19.1 Å². The number of carbonyl (C=O) groups excluding carboxylic acids is 1. The molecule has 0 spiro atoms. The maximum atomic E-state index is 11.8. The number of halogens is 2. The Hall–Kier alpha value is -0.750. The van der Waals surface area contributed by atoms with Crippen LogP contribution < -0.4 is 11.1 Å². The van der Waals surface area contributed by atoms with Crippen LogP contribution in [-0.4, -0.2) is 36.6 Å². The lowest BCUT2D eigenvalue weighted by atomic mass is 10.1. The van der Waals surface area contributed by atoms with Crippen LogP contribution in [-0.2, 0) is 4.79 Å². The van der Waals surface area contributed by atoms with Gasteiger partial charge in [0.05, 0.1) is 0 Å². The molecule has 14 heavy (non-hydrogen) atoms. The summed E-state index contributed by atoms with van der Waals surface area (Å²) in [6, 6.07) is 0. The van der Waals surface area contributed by atoms with Gasteiger partial charge in [-0.1, -0.05) is 6.92 Å². The molecule has 2 atom stereocenters. The molecule has 0 rings (SSSR count). The Bertz CT molecular complexity index is 179. The van der Waals surface area contributed by atoms with Crippen molar-refractivity contribution in [1.82, 2.24) is 5.32 Å². The van der Waals surface area contributed by atoms with Crippen molar-refractivity contribution in [3.05, 3.63) is 0 Å². The summed E-state index contributed by atoms with van der Waals surface area (Å²) >= 11 is 0. The third-order valence-electron chi connectivity index (χ3n) is 1.82. The van der Waals surface area contributed by atoms with Crippen LogP contribution in [0.25, 0.3) is 0 Å². The van der Waals surface area contributed by atoms with Crippen LogP contribution in [0, 0.1) is 5.92 Å². The average Bonchev–Trinajstić information content (AvgIpc) is 2.13. The molecule has 6 heteroatoms. The number of rotatable bonds is 6. The maximum absolute atomic E-state index is 11.8. The topological polar surface area (TPSA) is 75.4 Å². The predicted molar refractivity (Wildman–Crippen MR) is 47.9 cm³/mol. The van der Waals surface area contributed by atoms with Gasteiger partial charge in [0.15, 0.2) is 0 Å². The Labute approximate surface area is 81.5 Å². The summed E-state index contributed by atoms with van der Waals surface area (Å²) < 4.78 is 23.6. The third kappa shape index (κ3) is 5.08. The third-order valence-corrected chi connectivity index (χ3v) is 1.82. The summed E-state index contributed by atoms with van der Waals surface area (Å²) in [5.74, 6) is -0.681. The number of amides is 1. The molecular formula is C8H16F2N2O2. The molecular weight excluding hydrogens is 194 g/mol. The number of nitrogens with one attached hydrogen (secondary N) is 1. The predicted octanol–water partition coefficient (Wildman–Crippen LogP) is -0.286. The van der Waals surface area contributed by atoms with Gasteiger partial charge >= 0.3 is 0 Å². The summed E-state index contributed by atoms with van der Waals surface area (Å²) in [4.78, 5) is 11.1. The number of hydrogen-bond acceptors (Lipinski definition) is 3. The Balaban J connectivity index is 3.73. The van der Waals surface area contributed by atoms with Crippen LogP contribution >= 0.6 is 0 Å².